The van der Waals surface area contributed by atoms with Crippen LogP contribution >= 0.6 is 11.3 Å². The van der Waals surface area contributed by atoms with Gasteiger partial charge in [-0.2, -0.15) is 5.10 Å². The minimum atomic E-state index is -0.748. The number of benzene rings is 1. The second-order valence-electron chi connectivity index (χ2n) is 8.29. The Hall–Kier alpha value is -2.71. The quantitative estimate of drug-likeness (QED) is 0.694. The fraction of sp³-hybridized carbons (Fsp3) is 0.381. The Morgan fingerprint density at radius 3 is 2.90 bits per heavy atom. The molecule has 0 bridgehead atoms. The second-order valence-corrected chi connectivity index (χ2v) is 9.26. The van der Waals surface area contributed by atoms with Crippen molar-refractivity contribution in [2.24, 2.45) is 12.5 Å². The van der Waals surface area contributed by atoms with Crippen molar-refractivity contribution >= 4 is 27.9 Å². The zero-order chi connectivity index (χ0) is 20.3. The summed E-state index contributed by atoms with van der Waals surface area (Å²) in [4.78, 5) is 20.0. The Balaban J connectivity index is 1.58. The van der Waals surface area contributed by atoms with Crippen LogP contribution in [0.4, 0.5) is 10.8 Å². The Labute approximate surface area is 172 Å². The van der Waals surface area contributed by atoms with Crippen molar-refractivity contribution < 1.29 is 14.6 Å². The van der Waals surface area contributed by atoms with Crippen LogP contribution in [0.15, 0.2) is 30.6 Å². The summed E-state index contributed by atoms with van der Waals surface area (Å²) < 4.78 is 7.62. The van der Waals surface area contributed by atoms with Crippen LogP contribution < -0.4 is 9.64 Å². The molecule has 2 aromatic heterocycles. The van der Waals surface area contributed by atoms with E-state index < -0.39 is 11.5 Å². The first-order valence-corrected chi connectivity index (χ1v) is 10.4. The molecule has 0 radical (unpaired) electrons. The molecule has 1 unspecified atom stereocenters. The van der Waals surface area contributed by atoms with E-state index in [9.17, 15) is 9.90 Å². The van der Waals surface area contributed by atoms with E-state index in [4.69, 9.17) is 9.72 Å². The number of aromatic nitrogens is 3. The molecule has 0 amide bonds. The first-order valence-electron chi connectivity index (χ1n) is 9.59. The van der Waals surface area contributed by atoms with Crippen LogP contribution in [0, 0.1) is 5.41 Å². The number of aliphatic hydroxyl groups is 1. The number of ether oxygens (including phenoxy) is 1. The average molecular weight is 410 g/mol. The van der Waals surface area contributed by atoms with Crippen molar-refractivity contribution in [2.75, 3.05) is 18.1 Å². The fourth-order valence-corrected chi connectivity index (χ4v) is 5.02. The van der Waals surface area contributed by atoms with Gasteiger partial charge in [-0.05, 0) is 17.7 Å². The third-order valence-corrected chi connectivity index (χ3v) is 6.74. The van der Waals surface area contributed by atoms with Gasteiger partial charge in [-0.15, -0.1) is 0 Å². The molecule has 1 aliphatic carbocycles. The van der Waals surface area contributed by atoms with Gasteiger partial charge in [0.05, 0.1) is 29.0 Å². The summed E-state index contributed by atoms with van der Waals surface area (Å²) in [7, 11) is 1.89. The molecule has 1 N–H and O–H groups in total. The third-order valence-electron chi connectivity index (χ3n) is 5.60. The van der Waals surface area contributed by atoms with E-state index in [1.54, 1.807) is 4.68 Å². The average Bonchev–Trinajstić information content (AvgIpc) is 3.32. The molecule has 29 heavy (non-hydrogen) atoms. The Bertz CT molecular complexity index is 1120. The summed E-state index contributed by atoms with van der Waals surface area (Å²) in [6.45, 7) is 4.97. The highest BCUT2D eigenvalue weighted by molar-refractivity contribution is 7.17. The number of thiazole rings is 1. The smallest absolute Gasteiger partial charge is 0.191 e. The van der Waals surface area contributed by atoms with Crippen molar-refractivity contribution in [3.05, 3.63) is 41.2 Å². The molecule has 1 aromatic carbocycles. The zero-order valence-electron chi connectivity index (χ0n) is 16.5. The molecule has 2 aliphatic rings. The maximum absolute atomic E-state index is 12.6. The normalized spacial score (nSPS) is 20.2. The number of carbonyl (C=O) groups excluding carboxylic acids is 1. The molecular formula is C21H22N4O3S. The summed E-state index contributed by atoms with van der Waals surface area (Å²) >= 11 is 1.36. The lowest BCUT2D eigenvalue weighted by Gasteiger charge is -2.32. The maximum atomic E-state index is 12.6. The van der Waals surface area contributed by atoms with Crippen LogP contribution in [0.25, 0.3) is 11.1 Å². The summed E-state index contributed by atoms with van der Waals surface area (Å²) in [6, 6.07) is 6.04. The van der Waals surface area contributed by atoms with Crippen molar-refractivity contribution in [1.29, 1.82) is 0 Å². The number of ketones is 1. The standard InChI is InChI=1S/C21H22N4O3S/c1-21(2)9-15(26)18-17(19(21)27)23-20(29-18)25-6-7-28-16-5-4-12(8-14(16)25)13-10-22-24(3)11-13/h4-5,8,10-11,19,27H,6-7,9H2,1-3H3. The molecule has 8 heteroatoms. The van der Waals surface area contributed by atoms with Gasteiger partial charge in [-0.3, -0.25) is 9.48 Å². The number of aliphatic hydroxyl groups excluding tert-OH is 1. The predicted molar refractivity (Wildman–Crippen MR) is 111 cm³/mol. The SMILES string of the molecule is Cn1cc(-c2ccc3c(c2)N(c2nc4c(s2)C(=O)CC(C)(C)C4O)CCO3)cn1. The largest absolute Gasteiger partial charge is 0.490 e. The van der Waals surface area contributed by atoms with E-state index in [0.29, 0.717) is 35.3 Å². The minimum absolute atomic E-state index is 0.0524. The second kappa shape index (κ2) is 6.40. The van der Waals surface area contributed by atoms with E-state index in [-0.39, 0.29) is 5.78 Å². The van der Waals surface area contributed by atoms with E-state index >= 15 is 0 Å². The van der Waals surface area contributed by atoms with Crippen LogP contribution in [0.2, 0.25) is 0 Å². The number of hydrogen-bond donors (Lipinski definition) is 1. The molecule has 3 heterocycles. The lowest BCUT2D eigenvalue weighted by atomic mass is 9.75. The highest BCUT2D eigenvalue weighted by Gasteiger charge is 2.42. The molecule has 3 aromatic rings. The van der Waals surface area contributed by atoms with Gasteiger partial charge in [0.15, 0.2) is 10.9 Å². The number of nitrogens with zero attached hydrogens (tertiary/aromatic N) is 4. The van der Waals surface area contributed by atoms with Crippen molar-refractivity contribution in [1.82, 2.24) is 14.8 Å². The van der Waals surface area contributed by atoms with Gasteiger partial charge >= 0.3 is 0 Å². The predicted octanol–water partition coefficient (Wildman–Crippen LogP) is 3.72. The van der Waals surface area contributed by atoms with Crippen LogP contribution in [-0.2, 0) is 7.05 Å². The highest BCUT2D eigenvalue weighted by Crippen LogP contribution is 2.48. The number of Topliss-reactive ketones (excluding diaryl/α,β-unsaturated/α-hetero) is 1. The molecule has 5 rings (SSSR count). The number of anilines is 2. The van der Waals surface area contributed by atoms with Gasteiger partial charge in [-0.1, -0.05) is 31.3 Å². The van der Waals surface area contributed by atoms with Crippen LogP contribution in [-0.4, -0.2) is 38.8 Å². The number of hydrogen-bond acceptors (Lipinski definition) is 7. The van der Waals surface area contributed by atoms with E-state index in [1.165, 1.54) is 11.3 Å². The van der Waals surface area contributed by atoms with Crippen molar-refractivity contribution in [3.8, 4) is 16.9 Å². The highest BCUT2D eigenvalue weighted by atomic mass is 32.1. The first-order chi connectivity index (χ1) is 13.8. The number of aryl methyl sites for hydroxylation is 1. The van der Waals surface area contributed by atoms with Crippen molar-refractivity contribution in [2.45, 2.75) is 26.4 Å². The number of fused-ring (bicyclic) bond motifs is 2. The molecule has 150 valence electrons. The van der Waals surface area contributed by atoms with E-state index in [2.05, 4.69) is 16.1 Å². The van der Waals surface area contributed by atoms with Gasteiger partial charge in [-0.25, -0.2) is 4.98 Å². The number of carbonyl (C=O) groups is 1. The van der Waals surface area contributed by atoms with Gasteiger partial charge < -0.3 is 14.7 Å². The van der Waals surface area contributed by atoms with Gasteiger partial charge in [0, 0.05) is 30.6 Å². The lowest BCUT2D eigenvalue weighted by Crippen LogP contribution is -2.31. The third kappa shape index (κ3) is 2.94. The van der Waals surface area contributed by atoms with E-state index in [0.717, 1.165) is 22.6 Å². The molecule has 0 spiro atoms. The van der Waals surface area contributed by atoms with Crippen LogP contribution in [0.5, 0.6) is 5.75 Å². The molecular weight excluding hydrogens is 388 g/mol. The fourth-order valence-electron chi connectivity index (χ4n) is 3.95. The molecule has 7 nitrogen and oxygen atoms in total. The molecule has 0 saturated carbocycles. The topological polar surface area (TPSA) is 80.5 Å². The minimum Gasteiger partial charge on any atom is -0.490 e. The summed E-state index contributed by atoms with van der Waals surface area (Å²) in [5.41, 5.74) is 2.95. The summed E-state index contributed by atoms with van der Waals surface area (Å²) in [5.74, 6) is 0.834. The zero-order valence-corrected chi connectivity index (χ0v) is 17.4. The molecule has 0 fully saturated rings. The maximum Gasteiger partial charge on any atom is 0.191 e. The Morgan fingerprint density at radius 1 is 1.31 bits per heavy atom. The molecule has 1 atom stereocenters. The summed E-state index contributed by atoms with van der Waals surface area (Å²) in [5, 5.41) is 15.7. The van der Waals surface area contributed by atoms with Crippen LogP contribution in [0.3, 0.4) is 0 Å². The van der Waals surface area contributed by atoms with Gasteiger partial charge in [0.1, 0.15) is 18.5 Å². The Morgan fingerprint density at radius 2 is 2.14 bits per heavy atom. The molecule has 1 aliphatic heterocycles. The first kappa shape index (κ1) is 18.3. The number of rotatable bonds is 2. The van der Waals surface area contributed by atoms with E-state index in [1.807, 2.05) is 45.4 Å². The summed E-state index contributed by atoms with van der Waals surface area (Å²) in [6.07, 6.45) is 3.37. The lowest BCUT2D eigenvalue weighted by molar-refractivity contribution is 0.0298. The Kier molecular flexibility index (Phi) is 4.04. The van der Waals surface area contributed by atoms with Gasteiger partial charge in [0.25, 0.3) is 0 Å². The monoisotopic (exact) mass is 410 g/mol. The molecule has 0 saturated heterocycles. The van der Waals surface area contributed by atoms with Gasteiger partial charge in [0.2, 0.25) is 0 Å². The van der Waals surface area contributed by atoms with Crippen molar-refractivity contribution in [3.63, 3.8) is 0 Å². The van der Waals surface area contributed by atoms with Crippen LogP contribution in [0.1, 0.15) is 41.7 Å².